The highest BCUT2D eigenvalue weighted by molar-refractivity contribution is 6.21. The van der Waals surface area contributed by atoms with Gasteiger partial charge in [-0.3, -0.25) is 24.2 Å². The van der Waals surface area contributed by atoms with Gasteiger partial charge in [0.05, 0.1) is 29.1 Å². The molecule has 1 N–H and O–H groups in total. The molecule has 0 atom stereocenters. The number of imide groups is 1. The number of anilines is 1. The second-order valence-electron chi connectivity index (χ2n) is 8.05. The van der Waals surface area contributed by atoms with Crippen molar-refractivity contribution in [2.45, 2.75) is 20.4 Å². The molecule has 3 amide bonds. The molecule has 32 heavy (non-hydrogen) atoms. The predicted octanol–water partition coefficient (Wildman–Crippen LogP) is 2.79. The van der Waals surface area contributed by atoms with E-state index in [0.717, 1.165) is 27.5 Å². The Hall–Kier alpha value is -3.78. The number of aromatic nitrogens is 2. The van der Waals surface area contributed by atoms with Crippen molar-refractivity contribution in [3.8, 4) is 5.69 Å². The van der Waals surface area contributed by atoms with Crippen LogP contribution in [0.4, 0.5) is 5.69 Å². The number of carbonyl (C=O) groups is 3. The van der Waals surface area contributed by atoms with Gasteiger partial charge in [-0.25, -0.2) is 4.68 Å². The lowest BCUT2D eigenvalue weighted by Crippen LogP contribution is -2.30. The summed E-state index contributed by atoms with van der Waals surface area (Å²) in [6.07, 6.45) is 0. The fraction of sp³-hybridized carbons (Fsp3) is 0.250. The van der Waals surface area contributed by atoms with Gasteiger partial charge in [-0.05, 0) is 51.2 Å². The van der Waals surface area contributed by atoms with Crippen LogP contribution in [0.5, 0.6) is 0 Å². The molecule has 2 heterocycles. The van der Waals surface area contributed by atoms with Crippen LogP contribution in [0, 0.1) is 13.8 Å². The van der Waals surface area contributed by atoms with Crippen LogP contribution in [0.25, 0.3) is 5.69 Å². The number of amides is 3. The Morgan fingerprint density at radius 3 is 2.44 bits per heavy atom. The van der Waals surface area contributed by atoms with Gasteiger partial charge in [0.2, 0.25) is 5.91 Å². The van der Waals surface area contributed by atoms with Gasteiger partial charge in [-0.2, -0.15) is 5.10 Å². The van der Waals surface area contributed by atoms with E-state index in [1.165, 1.54) is 7.05 Å². The number of nitrogens with zero attached hydrogens (tertiary/aromatic N) is 4. The zero-order valence-corrected chi connectivity index (χ0v) is 18.5. The number of hydrogen-bond acceptors (Lipinski definition) is 5. The molecule has 1 aliphatic rings. The highest BCUT2D eigenvalue weighted by Crippen LogP contribution is 2.25. The van der Waals surface area contributed by atoms with E-state index in [-0.39, 0.29) is 24.3 Å². The number of hydrogen-bond donors (Lipinski definition) is 1. The molecular formula is C24H25N5O3. The van der Waals surface area contributed by atoms with Crippen LogP contribution in [-0.4, -0.2) is 57.9 Å². The van der Waals surface area contributed by atoms with Crippen molar-refractivity contribution in [1.82, 2.24) is 19.6 Å². The van der Waals surface area contributed by atoms with E-state index < -0.39 is 0 Å². The molecule has 164 valence electrons. The van der Waals surface area contributed by atoms with Gasteiger partial charge >= 0.3 is 0 Å². The standard InChI is InChI=1S/C24H25N5O3/c1-15-21(16(2)29(26-15)18-8-6-5-7-9-18)13-27(3)14-22(30)25-17-10-11-19-20(12-17)24(32)28(4)23(19)31/h5-12H,13-14H2,1-4H3,(H,25,30). The lowest BCUT2D eigenvalue weighted by atomic mass is 10.1. The molecule has 0 radical (unpaired) electrons. The zero-order valence-electron chi connectivity index (χ0n) is 18.5. The molecule has 0 spiro atoms. The lowest BCUT2D eigenvalue weighted by Gasteiger charge is -2.17. The summed E-state index contributed by atoms with van der Waals surface area (Å²) < 4.78 is 1.92. The highest BCUT2D eigenvalue weighted by Gasteiger charge is 2.32. The molecule has 0 fully saturated rings. The highest BCUT2D eigenvalue weighted by atomic mass is 16.2. The number of aryl methyl sites for hydroxylation is 1. The molecular weight excluding hydrogens is 406 g/mol. The van der Waals surface area contributed by atoms with Crippen LogP contribution in [0.1, 0.15) is 37.7 Å². The van der Waals surface area contributed by atoms with Crippen LogP contribution >= 0.6 is 0 Å². The molecule has 8 heteroatoms. The monoisotopic (exact) mass is 431 g/mol. The molecule has 0 saturated carbocycles. The molecule has 0 aliphatic carbocycles. The Kier molecular flexibility index (Phi) is 5.63. The molecule has 0 bridgehead atoms. The van der Waals surface area contributed by atoms with E-state index >= 15 is 0 Å². The van der Waals surface area contributed by atoms with Crippen molar-refractivity contribution in [2.24, 2.45) is 0 Å². The van der Waals surface area contributed by atoms with Crippen molar-refractivity contribution >= 4 is 23.4 Å². The summed E-state index contributed by atoms with van der Waals surface area (Å²) in [5, 5.41) is 7.47. The number of benzene rings is 2. The molecule has 0 saturated heterocycles. The van der Waals surface area contributed by atoms with Gasteiger partial charge in [0.25, 0.3) is 11.8 Å². The number of likely N-dealkylation sites (N-methyl/N-ethyl adjacent to an activating group) is 1. The van der Waals surface area contributed by atoms with Crippen LogP contribution in [0.3, 0.4) is 0 Å². The maximum atomic E-state index is 12.6. The van der Waals surface area contributed by atoms with E-state index in [1.807, 2.05) is 60.8 Å². The fourth-order valence-electron chi connectivity index (χ4n) is 3.93. The van der Waals surface area contributed by atoms with E-state index in [9.17, 15) is 14.4 Å². The summed E-state index contributed by atoms with van der Waals surface area (Å²) in [4.78, 5) is 39.8. The van der Waals surface area contributed by atoms with Gasteiger partial charge in [-0.15, -0.1) is 0 Å². The molecule has 3 aromatic rings. The Balaban J connectivity index is 1.42. The molecule has 2 aromatic carbocycles. The Bertz CT molecular complexity index is 1220. The molecule has 1 aromatic heterocycles. The Morgan fingerprint density at radius 2 is 1.72 bits per heavy atom. The predicted molar refractivity (Wildman–Crippen MR) is 121 cm³/mol. The lowest BCUT2D eigenvalue weighted by molar-refractivity contribution is -0.117. The van der Waals surface area contributed by atoms with Gasteiger partial charge < -0.3 is 5.32 Å². The van der Waals surface area contributed by atoms with E-state index in [4.69, 9.17) is 0 Å². The molecule has 8 nitrogen and oxygen atoms in total. The van der Waals surface area contributed by atoms with Gasteiger partial charge in [0, 0.05) is 30.5 Å². The number of para-hydroxylation sites is 1. The molecule has 0 unspecified atom stereocenters. The zero-order chi connectivity index (χ0) is 23.0. The number of nitrogens with one attached hydrogen (secondary N) is 1. The molecule has 4 rings (SSSR count). The number of carbonyl (C=O) groups excluding carboxylic acids is 3. The summed E-state index contributed by atoms with van der Waals surface area (Å²) in [5.74, 6) is -0.896. The third-order valence-electron chi connectivity index (χ3n) is 5.66. The second kappa shape index (κ2) is 8.39. The summed E-state index contributed by atoms with van der Waals surface area (Å²) in [6.45, 7) is 4.73. The first-order valence-corrected chi connectivity index (χ1v) is 10.3. The first-order chi connectivity index (χ1) is 15.3. The fourth-order valence-corrected chi connectivity index (χ4v) is 3.93. The van der Waals surface area contributed by atoms with Gasteiger partial charge in [0.15, 0.2) is 0 Å². The minimum Gasteiger partial charge on any atom is -0.325 e. The van der Waals surface area contributed by atoms with Gasteiger partial charge in [-0.1, -0.05) is 18.2 Å². The van der Waals surface area contributed by atoms with Crippen molar-refractivity contribution in [1.29, 1.82) is 0 Å². The second-order valence-corrected chi connectivity index (χ2v) is 8.05. The summed E-state index contributed by atoms with van der Waals surface area (Å²) in [6, 6.07) is 14.7. The summed E-state index contributed by atoms with van der Waals surface area (Å²) in [7, 11) is 3.32. The summed E-state index contributed by atoms with van der Waals surface area (Å²) in [5.41, 5.74) is 5.18. The van der Waals surface area contributed by atoms with Crippen molar-refractivity contribution < 1.29 is 14.4 Å². The minimum atomic E-state index is -0.361. The van der Waals surface area contributed by atoms with E-state index in [1.54, 1.807) is 18.2 Å². The third kappa shape index (κ3) is 3.92. The van der Waals surface area contributed by atoms with Crippen LogP contribution in [-0.2, 0) is 11.3 Å². The van der Waals surface area contributed by atoms with Crippen molar-refractivity contribution in [2.75, 3.05) is 26.0 Å². The first-order valence-electron chi connectivity index (χ1n) is 10.3. The van der Waals surface area contributed by atoms with E-state index in [0.29, 0.717) is 23.4 Å². The van der Waals surface area contributed by atoms with Crippen LogP contribution in [0.2, 0.25) is 0 Å². The number of rotatable bonds is 6. The van der Waals surface area contributed by atoms with Crippen LogP contribution < -0.4 is 5.32 Å². The largest absolute Gasteiger partial charge is 0.325 e. The smallest absolute Gasteiger partial charge is 0.261 e. The minimum absolute atomic E-state index is 0.166. The quantitative estimate of drug-likeness (QED) is 0.607. The first kappa shape index (κ1) is 21.5. The maximum Gasteiger partial charge on any atom is 0.261 e. The van der Waals surface area contributed by atoms with Crippen LogP contribution in [0.15, 0.2) is 48.5 Å². The van der Waals surface area contributed by atoms with E-state index in [2.05, 4.69) is 10.4 Å². The third-order valence-corrected chi connectivity index (χ3v) is 5.66. The normalized spacial score (nSPS) is 13.1. The van der Waals surface area contributed by atoms with Crippen molar-refractivity contribution in [3.63, 3.8) is 0 Å². The van der Waals surface area contributed by atoms with Crippen molar-refractivity contribution in [3.05, 3.63) is 76.6 Å². The molecule has 1 aliphatic heterocycles. The summed E-state index contributed by atoms with van der Waals surface area (Å²) >= 11 is 0. The SMILES string of the molecule is Cc1nn(-c2ccccc2)c(C)c1CN(C)CC(=O)Nc1ccc2c(c1)C(=O)N(C)C2=O. The Labute approximate surface area is 186 Å². The van der Waals surface area contributed by atoms with Gasteiger partial charge in [0.1, 0.15) is 0 Å². The maximum absolute atomic E-state index is 12.6. The average molecular weight is 431 g/mol. The number of fused-ring (bicyclic) bond motifs is 1. The Morgan fingerprint density at radius 1 is 1.03 bits per heavy atom. The average Bonchev–Trinajstić information content (AvgIpc) is 3.17. The topological polar surface area (TPSA) is 87.5 Å².